The Morgan fingerprint density at radius 1 is 1.14 bits per heavy atom. The van der Waals surface area contributed by atoms with E-state index in [4.69, 9.17) is 17.0 Å². The Morgan fingerprint density at radius 3 is 2.68 bits per heavy atom. The summed E-state index contributed by atoms with van der Waals surface area (Å²) in [5.41, 5.74) is 2.82. The number of aromatic nitrogens is 2. The maximum Gasteiger partial charge on any atom is 0.174 e. The molecule has 1 N–H and O–H groups in total. The number of hydrogen-bond donors (Lipinski definition) is 1. The average Bonchev–Trinajstić information content (AvgIpc) is 3.31. The first kappa shape index (κ1) is 18.6. The Labute approximate surface area is 168 Å². The summed E-state index contributed by atoms with van der Waals surface area (Å²) in [5.74, 6) is -0.275. The van der Waals surface area contributed by atoms with E-state index in [1.54, 1.807) is 25.4 Å². The number of halogens is 1. The number of pyridine rings is 1. The summed E-state index contributed by atoms with van der Waals surface area (Å²) in [4.78, 5) is 6.58. The lowest BCUT2D eigenvalue weighted by Gasteiger charge is -2.29. The fourth-order valence-corrected chi connectivity index (χ4v) is 3.97. The number of thiocarbonyl (C=S) groups is 1. The molecule has 3 heterocycles. The van der Waals surface area contributed by atoms with Gasteiger partial charge in [0.05, 0.1) is 18.3 Å². The lowest BCUT2D eigenvalue weighted by Crippen LogP contribution is -2.30. The van der Waals surface area contributed by atoms with Crippen LogP contribution in [-0.4, -0.2) is 28.4 Å². The molecule has 28 heavy (non-hydrogen) atoms. The van der Waals surface area contributed by atoms with E-state index in [2.05, 4.69) is 20.9 Å². The zero-order valence-electron chi connectivity index (χ0n) is 15.5. The van der Waals surface area contributed by atoms with Crippen molar-refractivity contribution >= 4 is 23.0 Å². The van der Waals surface area contributed by atoms with Crippen LogP contribution in [0, 0.1) is 5.82 Å². The van der Waals surface area contributed by atoms with Gasteiger partial charge in [0.25, 0.3) is 0 Å². The van der Waals surface area contributed by atoms with Crippen molar-refractivity contribution in [3.05, 3.63) is 84.2 Å². The highest BCUT2D eigenvalue weighted by molar-refractivity contribution is 7.80. The van der Waals surface area contributed by atoms with Gasteiger partial charge in [-0.3, -0.25) is 4.98 Å². The van der Waals surface area contributed by atoms with Crippen molar-refractivity contribution in [1.82, 2.24) is 14.9 Å². The highest BCUT2D eigenvalue weighted by Crippen LogP contribution is 2.41. The number of ether oxygens (including phenoxy) is 1. The molecule has 0 aliphatic carbocycles. The van der Waals surface area contributed by atoms with Crippen molar-refractivity contribution < 1.29 is 9.13 Å². The number of nitrogens with zero attached hydrogens (tertiary/aromatic N) is 3. The van der Waals surface area contributed by atoms with Gasteiger partial charge in [0, 0.05) is 37.4 Å². The van der Waals surface area contributed by atoms with Crippen LogP contribution in [0.2, 0.25) is 0 Å². The third-order valence-corrected chi connectivity index (χ3v) is 5.22. The second-order valence-electron chi connectivity index (χ2n) is 6.59. The van der Waals surface area contributed by atoms with Crippen LogP contribution in [0.5, 0.6) is 0 Å². The van der Waals surface area contributed by atoms with Crippen molar-refractivity contribution in [3.63, 3.8) is 0 Å². The third-order valence-electron chi connectivity index (χ3n) is 4.91. The van der Waals surface area contributed by atoms with E-state index in [1.165, 1.54) is 12.1 Å². The maximum atomic E-state index is 13.5. The summed E-state index contributed by atoms with van der Waals surface area (Å²) in [6, 6.07) is 16.1. The Morgan fingerprint density at radius 2 is 1.96 bits per heavy atom. The molecule has 1 aliphatic rings. The molecular formula is C21H21FN4OS. The van der Waals surface area contributed by atoms with E-state index < -0.39 is 0 Å². The molecule has 1 aromatic carbocycles. The van der Waals surface area contributed by atoms with Crippen LogP contribution in [0.4, 0.5) is 10.1 Å². The SMILES string of the molecule is COCCn1cccc1[C@H]1[C@@H](c2ccccn2)NC(=S)N1c1ccc(F)cc1. The molecule has 0 amide bonds. The van der Waals surface area contributed by atoms with Crippen LogP contribution in [0.25, 0.3) is 0 Å². The molecular weight excluding hydrogens is 375 g/mol. The van der Waals surface area contributed by atoms with E-state index >= 15 is 0 Å². The van der Waals surface area contributed by atoms with Crippen LogP contribution in [0.1, 0.15) is 23.5 Å². The molecule has 144 valence electrons. The smallest absolute Gasteiger partial charge is 0.174 e. The molecule has 3 aromatic rings. The molecule has 4 rings (SSSR count). The van der Waals surface area contributed by atoms with Crippen LogP contribution in [-0.2, 0) is 11.3 Å². The second-order valence-corrected chi connectivity index (χ2v) is 6.98. The molecule has 2 atom stereocenters. The topological polar surface area (TPSA) is 42.3 Å². The molecule has 1 saturated heterocycles. The van der Waals surface area contributed by atoms with Gasteiger partial charge in [-0.1, -0.05) is 6.07 Å². The van der Waals surface area contributed by atoms with Gasteiger partial charge in [-0.05, 0) is 60.7 Å². The Balaban J connectivity index is 1.80. The molecule has 7 heteroatoms. The number of methoxy groups -OCH3 is 1. The highest BCUT2D eigenvalue weighted by Gasteiger charge is 2.41. The molecule has 0 bridgehead atoms. The monoisotopic (exact) mass is 396 g/mol. The number of hydrogen-bond acceptors (Lipinski definition) is 3. The first-order valence-corrected chi connectivity index (χ1v) is 9.50. The third kappa shape index (κ3) is 3.50. The van der Waals surface area contributed by atoms with E-state index in [0.717, 1.165) is 23.6 Å². The predicted molar refractivity (Wildman–Crippen MR) is 111 cm³/mol. The molecule has 0 saturated carbocycles. The Bertz CT molecular complexity index is 945. The van der Waals surface area contributed by atoms with Crippen LogP contribution < -0.4 is 10.2 Å². The number of rotatable bonds is 6. The lowest BCUT2D eigenvalue weighted by atomic mass is 10.0. The number of nitrogens with one attached hydrogen (secondary N) is 1. The molecule has 0 spiro atoms. The molecule has 0 unspecified atom stereocenters. The fraction of sp³-hybridized carbons (Fsp3) is 0.238. The van der Waals surface area contributed by atoms with E-state index in [1.807, 2.05) is 35.4 Å². The molecule has 1 aliphatic heterocycles. The standard InChI is InChI=1S/C21H21FN4OS/c1-27-14-13-25-12-4-6-18(25)20-19(17-5-2-3-11-23-17)24-21(28)26(20)16-9-7-15(22)8-10-16/h2-12,19-20H,13-14H2,1H3,(H,24,28)/t19-,20+/m1/s1. The summed E-state index contributed by atoms with van der Waals surface area (Å²) in [5, 5.41) is 4.00. The minimum absolute atomic E-state index is 0.125. The summed E-state index contributed by atoms with van der Waals surface area (Å²) in [7, 11) is 1.69. The first-order valence-electron chi connectivity index (χ1n) is 9.09. The Kier molecular flexibility index (Phi) is 5.36. The van der Waals surface area contributed by atoms with E-state index in [9.17, 15) is 4.39 Å². The number of benzene rings is 1. The molecule has 1 fully saturated rings. The first-order chi connectivity index (χ1) is 13.7. The van der Waals surface area contributed by atoms with Crippen molar-refractivity contribution in [1.29, 1.82) is 0 Å². The van der Waals surface area contributed by atoms with Gasteiger partial charge in [-0.25, -0.2) is 4.39 Å². The summed E-state index contributed by atoms with van der Waals surface area (Å²) >= 11 is 5.67. The highest BCUT2D eigenvalue weighted by atomic mass is 32.1. The maximum absolute atomic E-state index is 13.5. The van der Waals surface area contributed by atoms with Gasteiger partial charge < -0.3 is 19.5 Å². The van der Waals surface area contributed by atoms with Gasteiger partial charge in [-0.2, -0.15) is 0 Å². The van der Waals surface area contributed by atoms with Gasteiger partial charge in [0.15, 0.2) is 5.11 Å². The minimum atomic E-state index is -0.275. The molecule has 5 nitrogen and oxygen atoms in total. The van der Waals surface area contributed by atoms with Crippen molar-refractivity contribution in [3.8, 4) is 0 Å². The van der Waals surface area contributed by atoms with E-state index in [0.29, 0.717) is 11.7 Å². The van der Waals surface area contributed by atoms with Gasteiger partial charge >= 0.3 is 0 Å². The van der Waals surface area contributed by atoms with Crippen LogP contribution >= 0.6 is 12.2 Å². The van der Waals surface area contributed by atoms with Crippen LogP contribution in [0.3, 0.4) is 0 Å². The predicted octanol–water partition coefficient (Wildman–Crippen LogP) is 3.85. The van der Waals surface area contributed by atoms with Crippen molar-refractivity contribution in [2.75, 3.05) is 18.6 Å². The van der Waals surface area contributed by atoms with Gasteiger partial charge in [0.2, 0.25) is 0 Å². The minimum Gasteiger partial charge on any atom is -0.383 e. The Hall–Kier alpha value is -2.77. The summed E-state index contributed by atoms with van der Waals surface area (Å²) in [6.45, 7) is 1.34. The molecule has 2 aromatic heterocycles. The number of anilines is 1. The van der Waals surface area contributed by atoms with Crippen molar-refractivity contribution in [2.24, 2.45) is 0 Å². The molecule has 0 radical (unpaired) electrons. The second kappa shape index (κ2) is 8.08. The fourth-order valence-electron chi connectivity index (χ4n) is 3.62. The van der Waals surface area contributed by atoms with Gasteiger partial charge in [0.1, 0.15) is 11.9 Å². The van der Waals surface area contributed by atoms with Crippen molar-refractivity contribution in [2.45, 2.75) is 18.6 Å². The lowest BCUT2D eigenvalue weighted by molar-refractivity contribution is 0.186. The zero-order chi connectivity index (χ0) is 19.5. The summed E-state index contributed by atoms with van der Waals surface area (Å²) in [6.07, 6.45) is 3.82. The normalized spacial score (nSPS) is 19.1. The summed E-state index contributed by atoms with van der Waals surface area (Å²) < 4.78 is 20.9. The zero-order valence-corrected chi connectivity index (χ0v) is 16.3. The quantitative estimate of drug-likeness (QED) is 0.641. The van der Waals surface area contributed by atoms with Gasteiger partial charge in [-0.15, -0.1) is 0 Å². The van der Waals surface area contributed by atoms with E-state index in [-0.39, 0.29) is 17.9 Å². The van der Waals surface area contributed by atoms with Crippen LogP contribution in [0.15, 0.2) is 67.0 Å². The largest absolute Gasteiger partial charge is 0.383 e. The average molecular weight is 396 g/mol.